The van der Waals surface area contributed by atoms with Crippen molar-refractivity contribution >= 4 is 17.3 Å². The largest absolute Gasteiger partial charge is 0.392 e. The van der Waals surface area contributed by atoms with Gasteiger partial charge in [0, 0.05) is 20.1 Å². The van der Waals surface area contributed by atoms with Crippen molar-refractivity contribution < 1.29 is 5.11 Å². The summed E-state index contributed by atoms with van der Waals surface area (Å²) in [6.07, 6.45) is 0. The van der Waals surface area contributed by atoms with E-state index in [2.05, 4.69) is 9.80 Å². The summed E-state index contributed by atoms with van der Waals surface area (Å²) >= 11 is 6.15. The van der Waals surface area contributed by atoms with Crippen LogP contribution in [0.5, 0.6) is 0 Å². The van der Waals surface area contributed by atoms with Gasteiger partial charge < -0.3 is 14.9 Å². The van der Waals surface area contributed by atoms with Gasteiger partial charge >= 0.3 is 0 Å². The van der Waals surface area contributed by atoms with Crippen LogP contribution in [0.2, 0.25) is 5.02 Å². The van der Waals surface area contributed by atoms with E-state index >= 15 is 0 Å². The number of likely N-dealkylation sites (N-methyl/N-ethyl adjacent to an activating group) is 2. The minimum absolute atomic E-state index is 0.0292. The predicted molar refractivity (Wildman–Crippen MR) is 69.2 cm³/mol. The lowest BCUT2D eigenvalue weighted by molar-refractivity contribution is 0.282. The molecule has 1 N–H and O–H groups in total. The van der Waals surface area contributed by atoms with Gasteiger partial charge in [0.2, 0.25) is 0 Å². The summed E-state index contributed by atoms with van der Waals surface area (Å²) in [6.45, 7) is 1.93. The summed E-state index contributed by atoms with van der Waals surface area (Å²) in [5.74, 6) is 0. The third-order valence-electron chi connectivity index (χ3n) is 2.49. The molecule has 1 aromatic carbocycles. The lowest BCUT2D eigenvalue weighted by Gasteiger charge is -2.22. The van der Waals surface area contributed by atoms with Crippen molar-refractivity contribution in [1.82, 2.24) is 4.90 Å². The summed E-state index contributed by atoms with van der Waals surface area (Å²) in [6, 6.07) is 5.65. The van der Waals surface area contributed by atoms with Crippen LogP contribution in [-0.4, -0.2) is 44.2 Å². The third kappa shape index (κ3) is 3.67. The number of hydrogen-bond donors (Lipinski definition) is 1. The molecule has 0 heterocycles. The molecule has 4 heteroatoms. The molecule has 0 saturated heterocycles. The summed E-state index contributed by atoms with van der Waals surface area (Å²) in [5.41, 5.74) is 1.84. The van der Waals surface area contributed by atoms with Crippen LogP contribution in [0, 0.1) is 0 Å². The molecular formula is C12H19ClN2O. The number of nitrogens with zero attached hydrogens (tertiary/aromatic N) is 2. The van der Waals surface area contributed by atoms with Crippen molar-refractivity contribution in [3.8, 4) is 0 Å². The van der Waals surface area contributed by atoms with Crippen molar-refractivity contribution in [3.05, 3.63) is 28.8 Å². The molecule has 16 heavy (non-hydrogen) atoms. The van der Waals surface area contributed by atoms with Crippen molar-refractivity contribution in [1.29, 1.82) is 0 Å². The van der Waals surface area contributed by atoms with Gasteiger partial charge in [0.25, 0.3) is 0 Å². The Kier molecular flexibility index (Phi) is 5.06. The second kappa shape index (κ2) is 6.09. The third-order valence-corrected chi connectivity index (χ3v) is 2.79. The van der Waals surface area contributed by atoms with Crippen LogP contribution in [0.15, 0.2) is 18.2 Å². The summed E-state index contributed by atoms with van der Waals surface area (Å²) < 4.78 is 0. The van der Waals surface area contributed by atoms with Gasteiger partial charge in [0.1, 0.15) is 0 Å². The molecule has 0 saturated carbocycles. The minimum atomic E-state index is 0.0292. The maximum Gasteiger partial charge on any atom is 0.0682 e. The Morgan fingerprint density at radius 2 is 1.88 bits per heavy atom. The molecule has 90 valence electrons. The molecule has 0 amide bonds. The molecule has 1 rings (SSSR count). The van der Waals surface area contributed by atoms with Crippen LogP contribution in [0.3, 0.4) is 0 Å². The first-order valence-electron chi connectivity index (χ1n) is 5.29. The number of halogens is 1. The zero-order valence-electron chi connectivity index (χ0n) is 10.1. The summed E-state index contributed by atoms with van der Waals surface area (Å²) in [5, 5.41) is 9.68. The fourth-order valence-electron chi connectivity index (χ4n) is 1.43. The van der Waals surface area contributed by atoms with Crippen molar-refractivity contribution in [2.45, 2.75) is 6.61 Å². The maximum absolute atomic E-state index is 8.99. The Labute approximate surface area is 102 Å². The van der Waals surface area contributed by atoms with E-state index in [-0.39, 0.29) is 6.61 Å². The van der Waals surface area contributed by atoms with E-state index in [0.717, 1.165) is 24.3 Å². The summed E-state index contributed by atoms with van der Waals surface area (Å²) in [7, 11) is 6.11. The topological polar surface area (TPSA) is 26.7 Å². The van der Waals surface area contributed by atoms with Gasteiger partial charge in [-0.1, -0.05) is 17.7 Å². The van der Waals surface area contributed by atoms with Crippen molar-refractivity contribution in [2.24, 2.45) is 0 Å². The zero-order chi connectivity index (χ0) is 12.1. The van der Waals surface area contributed by atoms with Gasteiger partial charge in [-0.3, -0.25) is 0 Å². The first-order chi connectivity index (χ1) is 7.54. The molecule has 1 aromatic rings. The first kappa shape index (κ1) is 13.3. The molecule has 0 aliphatic carbocycles. The van der Waals surface area contributed by atoms with Gasteiger partial charge in [-0.05, 0) is 31.8 Å². The molecule has 0 aliphatic heterocycles. The highest BCUT2D eigenvalue weighted by molar-refractivity contribution is 6.33. The Bertz CT molecular complexity index is 342. The number of hydrogen-bond acceptors (Lipinski definition) is 3. The molecule has 0 aromatic heterocycles. The molecule has 3 nitrogen and oxygen atoms in total. The normalized spacial score (nSPS) is 10.9. The fourth-order valence-corrected chi connectivity index (χ4v) is 1.78. The molecule has 0 spiro atoms. The quantitative estimate of drug-likeness (QED) is 0.854. The van der Waals surface area contributed by atoms with E-state index < -0.39 is 0 Å². The van der Waals surface area contributed by atoms with E-state index in [1.54, 1.807) is 0 Å². The molecule has 0 unspecified atom stereocenters. The Morgan fingerprint density at radius 1 is 1.19 bits per heavy atom. The van der Waals surface area contributed by atoms with Crippen LogP contribution in [-0.2, 0) is 6.61 Å². The van der Waals surface area contributed by atoms with Crippen molar-refractivity contribution in [3.63, 3.8) is 0 Å². The second-order valence-electron chi connectivity index (χ2n) is 4.17. The Morgan fingerprint density at radius 3 is 2.38 bits per heavy atom. The highest BCUT2D eigenvalue weighted by Crippen LogP contribution is 2.25. The molecular weight excluding hydrogens is 224 g/mol. The standard InChI is InChI=1S/C12H19ClN2O/c1-14(2)6-7-15(3)12-5-4-10(9-16)8-11(12)13/h4-5,8,16H,6-7,9H2,1-3H3. The van der Waals surface area contributed by atoms with E-state index in [1.165, 1.54) is 0 Å². The molecule has 0 aliphatic rings. The van der Waals surface area contributed by atoms with Crippen LogP contribution >= 0.6 is 11.6 Å². The van der Waals surface area contributed by atoms with E-state index in [4.69, 9.17) is 16.7 Å². The lowest BCUT2D eigenvalue weighted by Crippen LogP contribution is -2.28. The van der Waals surface area contributed by atoms with Crippen LogP contribution in [0.1, 0.15) is 5.56 Å². The van der Waals surface area contributed by atoms with Crippen molar-refractivity contribution in [2.75, 3.05) is 39.1 Å². The fraction of sp³-hybridized carbons (Fsp3) is 0.500. The average Bonchev–Trinajstić information content (AvgIpc) is 2.25. The van der Waals surface area contributed by atoms with Crippen LogP contribution in [0.25, 0.3) is 0 Å². The zero-order valence-corrected chi connectivity index (χ0v) is 10.8. The number of aliphatic hydroxyl groups excluding tert-OH is 1. The minimum Gasteiger partial charge on any atom is -0.392 e. The van der Waals surface area contributed by atoms with Crippen LogP contribution in [0.4, 0.5) is 5.69 Å². The van der Waals surface area contributed by atoms with E-state index in [9.17, 15) is 0 Å². The van der Waals surface area contributed by atoms with Gasteiger partial charge in [-0.15, -0.1) is 0 Å². The SMILES string of the molecule is CN(C)CCN(C)c1ccc(CO)cc1Cl. The number of rotatable bonds is 5. The first-order valence-corrected chi connectivity index (χ1v) is 5.67. The molecule has 0 radical (unpaired) electrons. The number of anilines is 1. The highest BCUT2D eigenvalue weighted by atomic mass is 35.5. The lowest BCUT2D eigenvalue weighted by atomic mass is 10.2. The van der Waals surface area contributed by atoms with Crippen LogP contribution < -0.4 is 4.90 Å². The molecule has 0 fully saturated rings. The predicted octanol–water partition coefficient (Wildman–Crippen LogP) is 1.83. The average molecular weight is 243 g/mol. The van der Waals surface area contributed by atoms with Gasteiger partial charge in [-0.2, -0.15) is 0 Å². The van der Waals surface area contributed by atoms with E-state index in [0.29, 0.717) is 5.02 Å². The second-order valence-corrected chi connectivity index (χ2v) is 4.58. The van der Waals surface area contributed by atoms with E-state index in [1.807, 2.05) is 39.3 Å². The smallest absolute Gasteiger partial charge is 0.0682 e. The Balaban J connectivity index is 2.71. The molecule has 0 bridgehead atoms. The highest BCUT2D eigenvalue weighted by Gasteiger charge is 2.06. The van der Waals surface area contributed by atoms with Gasteiger partial charge in [0.15, 0.2) is 0 Å². The monoisotopic (exact) mass is 242 g/mol. The van der Waals surface area contributed by atoms with Gasteiger partial charge in [-0.25, -0.2) is 0 Å². The number of aliphatic hydroxyl groups is 1. The maximum atomic E-state index is 8.99. The molecule has 0 atom stereocenters. The van der Waals surface area contributed by atoms with Gasteiger partial charge in [0.05, 0.1) is 17.3 Å². The summed E-state index contributed by atoms with van der Waals surface area (Å²) in [4.78, 5) is 4.25. The Hall–Kier alpha value is -0.770. The number of benzene rings is 1.